The number of amides is 1. The minimum Gasteiger partial charge on any atom is -0.497 e. The van der Waals surface area contributed by atoms with Gasteiger partial charge in [-0.1, -0.05) is 6.92 Å². The van der Waals surface area contributed by atoms with E-state index in [-0.39, 0.29) is 11.9 Å². The van der Waals surface area contributed by atoms with E-state index in [1.165, 1.54) is 0 Å². The number of nitrogens with two attached hydrogens (primary N) is 1. The van der Waals surface area contributed by atoms with Crippen LogP contribution in [0.2, 0.25) is 0 Å². The van der Waals surface area contributed by atoms with Gasteiger partial charge in [0.2, 0.25) is 0 Å². The standard InChI is InChI=1S/C16H25N3O2/c1-4-12-11-18(2)8-5-9-19(12)16(20)14-10-13(21-3)6-7-15(14)17/h6-7,10,12H,4-5,8-9,11,17H2,1-3H3. The predicted octanol–water partition coefficient (Wildman–Crippen LogP) is 1.83. The van der Waals surface area contributed by atoms with Crippen molar-refractivity contribution >= 4 is 11.6 Å². The first-order chi connectivity index (χ1) is 10.1. The molecular formula is C16H25N3O2. The molecule has 1 aromatic carbocycles. The topological polar surface area (TPSA) is 58.8 Å². The van der Waals surface area contributed by atoms with Gasteiger partial charge < -0.3 is 20.3 Å². The van der Waals surface area contributed by atoms with E-state index in [0.29, 0.717) is 17.0 Å². The lowest BCUT2D eigenvalue weighted by atomic mass is 10.1. The molecule has 1 unspecified atom stereocenters. The first-order valence-electron chi connectivity index (χ1n) is 7.49. The molecule has 1 atom stereocenters. The smallest absolute Gasteiger partial charge is 0.256 e. The molecule has 1 saturated heterocycles. The highest BCUT2D eigenvalue weighted by atomic mass is 16.5. The van der Waals surface area contributed by atoms with E-state index >= 15 is 0 Å². The van der Waals surface area contributed by atoms with Gasteiger partial charge in [0.25, 0.3) is 5.91 Å². The van der Waals surface area contributed by atoms with Crippen LogP contribution in [0.25, 0.3) is 0 Å². The van der Waals surface area contributed by atoms with E-state index < -0.39 is 0 Å². The highest BCUT2D eigenvalue weighted by Crippen LogP contribution is 2.23. The number of likely N-dealkylation sites (N-methyl/N-ethyl adjacent to an activating group) is 1. The highest BCUT2D eigenvalue weighted by Gasteiger charge is 2.28. The summed E-state index contributed by atoms with van der Waals surface area (Å²) in [4.78, 5) is 17.1. The number of nitrogen functional groups attached to an aromatic ring is 1. The minimum atomic E-state index is 0.00792. The van der Waals surface area contributed by atoms with Crippen molar-refractivity contribution in [3.63, 3.8) is 0 Å². The minimum absolute atomic E-state index is 0.00792. The van der Waals surface area contributed by atoms with E-state index in [0.717, 1.165) is 32.5 Å². The number of hydrogen-bond acceptors (Lipinski definition) is 4. The fraction of sp³-hybridized carbons (Fsp3) is 0.562. The maximum absolute atomic E-state index is 12.9. The number of rotatable bonds is 3. The van der Waals surface area contributed by atoms with Crippen molar-refractivity contribution in [1.82, 2.24) is 9.80 Å². The highest BCUT2D eigenvalue weighted by molar-refractivity contribution is 5.99. The van der Waals surface area contributed by atoms with Gasteiger partial charge in [-0.15, -0.1) is 0 Å². The van der Waals surface area contributed by atoms with Crippen molar-refractivity contribution in [1.29, 1.82) is 0 Å². The van der Waals surface area contributed by atoms with Gasteiger partial charge in [0.1, 0.15) is 5.75 Å². The average Bonchev–Trinajstić information content (AvgIpc) is 2.68. The third-order valence-electron chi connectivity index (χ3n) is 4.13. The van der Waals surface area contributed by atoms with Gasteiger partial charge in [-0.2, -0.15) is 0 Å². The molecule has 21 heavy (non-hydrogen) atoms. The Labute approximate surface area is 126 Å². The van der Waals surface area contributed by atoms with Crippen molar-refractivity contribution in [2.45, 2.75) is 25.8 Å². The zero-order valence-electron chi connectivity index (χ0n) is 13.1. The van der Waals surface area contributed by atoms with Crippen molar-refractivity contribution in [2.24, 2.45) is 0 Å². The molecule has 1 fully saturated rings. The molecule has 0 saturated carbocycles. The van der Waals surface area contributed by atoms with Gasteiger partial charge in [0.15, 0.2) is 0 Å². The summed E-state index contributed by atoms with van der Waals surface area (Å²) in [6.07, 6.45) is 1.93. The summed E-state index contributed by atoms with van der Waals surface area (Å²) in [5.74, 6) is 0.668. The Morgan fingerprint density at radius 2 is 2.19 bits per heavy atom. The molecule has 1 aromatic rings. The maximum Gasteiger partial charge on any atom is 0.256 e. The van der Waals surface area contributed by atoms with Crippen molar-refractivity contribution in [2.75, 3.05) is 39.5 Å². The first-order valence-corrected chi connectivity index (χ1v) is 7.49. The van der Waals surface area contributed by atoms with E-state index in [2.05, 4.69) is 18.9 Å². The molecule has 116 valence electrons. The lowest BCUT2D eigenvalue weighted by molar-refractivity contribution is 0.0676. The van der Waals surface area contributed by atoms with Crippen LogP contribution >= 0.6 is 0 Å². The number of nitrogens with zero attached hydrogens (tertiary/aromatic N) is 2. The second-order valence-electron chi connectivity index (χ2n) is 5.63. The number of methoxy groups -OCH3 is 1. The number of benzene rings is 1. The second-order valence-corrected chi connectivity index (χ2v) is 5.63. The van der Waals surface area contributed by atoms with Crippen LogP contribution in [-0.4, -0.2) is 55.5 Å². The summed E-state index contributed by atoms with van der Waals surface area (Å²) in [5.41, 5.74) is 7.04. The first kappa shape index (κ1) is 15.6. The third kappa shape index (κ3) is 3.47. The molecular weight excluding hydrogens is 266 g/mol. The molecule has 5 nitrogen and oxygen atoms in total. The normalized spacial score (nSPS) is 20.1. The van der Waals surface area contributed by atoms with Gasteiger partial charge in [0.05, 0.1) is 12.7 Å². The van der Waals surface area contributed by atoms with Crippen molar-refractivity contribution in [3.8, 4) is 5.75 Å². The Bertz CT molecular complexity index is 504. The molecule has 1 aliphatic rings. The van der Waals surface area contributed by atoms with Gasteiger partial charge in [-0.3, -0.25) is 4.79 Å². The van der Waals surface area contributed by atoms with Crippen molar-refractivity contribution < 1.29 is 9.53 Å². The average molecular weight is 291 g/mol. The van der Waals surface area contributed by atoms with Gasteiger partial charge in [0, 0.05) is 24.8 Å². The van der Waals surface area contributed by atoms with Crippen LogP contribution in [0, 0.1) is 0 Å². The fourth-order valence-electron chi connectivity index (χ4n) is 2.86. The molecule has 1 aliphatic heterocycles. The molecule has 2 N–H and O–H groups in total. The molecule has 1 amide bonds. The van der Waals surface area contributed by atoms with Crippen LogP contribution in [0.3, 0.4) is 0 Å². The fourth-order valence-corrected chi connectivity index (χ4v) is 2.86. The lowest BCUT2D eigenvalue weighted by Gasteiger charge is -2.30. The SMILES string of the molecule is CCC1CN(C)CCCN1C(=O)c1cc(OC)ccc1N. The second kappa shape index (κ2) is 6.80. The van der Waals surface area contributed by atoms with E-state index in [1.807, 2.05) is 4.90 Å². The van der Waals surface area contributed by atoms with Gasteiger partial charge in [-0.25, -0.2) is 0 Å². The Morgan fingerprint density at radius 3 is 2.86 bits per heavy atom. The number of ether oxygens (including phenoxy) is 1. The molecule has 0 aromatic heterocycles. The summed E-state index contributed by atoms with van der Waals surface area (Å²) >= 11 is 0. The summed E-state index contributed by atoms with van der Waals surface area (Å²) in [6, 6.07) is 5.48. The van der Waals surface area contributed by atoms with E-state index in [1.54, 1.807) is 25.3 Å². The predicted molar refractivity (Wildman–Crippen MR) is 84.6 cm³/mol. The van der Waals surface area contributed by atoms with Gasteiger partial charge in [-0.05, 0) is 44.6 Å². The maximum atomic E-state index is 12.9. The van der Waals surface area contributed by atoms with E-state index in [9.17, 15) is 4.79 Å². The summed E-state index contributed by atoms with van der Waals surface area (Å²) < 4.78 is 5.21. The zero-order valence-corrected chi connectivity index (χ0v) is 13.1. The molecule has 0 radical (unpaired) electrons. The largest absolute Gasteiger partial charge is 0.497 e. The summed E-state index contributed by atoms with van der Waals surface area (Å²) in [5, 5.41) is 0. The van der Waals surface area contributed by atoms with Crippen LogP contribution in [-0.2, 0) is 0 Å². The Hall–Kier alpha value is -1.75. The Morgan fingerprint density at radius 1 is 1.43 bits per heavy atom. The monoisotopic (exact) mass is 291 g/mol. The molecule has 5 heteroatoms. The number of hydrogen-bond donors (Lipinski definition) is 1. The van der Waals surface area contributed by atoms with Crippen LogP contribution in [0.15, 0.2) is 18.2 Å². The van der Waals surface area contributed by atoms with E-state index in [4.69, 9.17) is 10.5 Å². The molecule has 0 spiro atoms. The molecule has 0 bridgehead atoms. The van der Waals surface area contributed by atoms with Crippen molar-refractivity contribution in [3.05, 3.63) is 23.8 Å². The molecule has 0 aliphatic carbocycles. The Balaban J connectivity index is 2.28. The molecule has 1 heterocycles. The lowest BCUT2D eigenvalue weighted by Crippen LogP contribution is -2.43. The zero-order chi connectivity index (χ0) is 15.4. The Kier molecular flexibility index (Phi) is 5.07. The quantitative estimate of drug-likeness (QED) is 0.863. The summed E-state index contributed by atoms with van der Waals surface area (Å²) in [6.45, 7) is 4.83. The van der Waals surface area contributed by atoms with Crippen LogP contribution < -0.4 is 10.5 Å². The summed E-state index contributed by atoms with van der Waals surface area (Å²) in [7, 11) is 3.70. The number of carbonyl (C=O) groups is 1. The molecule has 2 rings (SSSR count). The van der Waals surface area contributed by atoms with Crippen LogP contribution in [0.4, 0.5) is 5.69 Å². The van der Waals surface area contributed by atoms with Crippen LogP contribution in [0.1, 0.15) is 30.1 Å². The number of carbonyl (C=O) groups excluding carboxylic acids is 1. The third-order valence-corrected chi connectivity index (χ3v) is 4.13. The van der Waals surface area contributed by atoms with Gasteiger partial charge >= 0.3 is 0 Å². The number of anilines is 1. The van der Waals surface area contributed by atoms with Crippen LogP contribution in [0.5, 0.6) is 5.75 Å².